The first-order valence-corrected chi connectivity index (χ1v) is 5.68. The smallest absolute Gasteiger partial charge is 0.138 e. The van der Waals surface area contributed by atoms with Crippen molar-refractivity contribution in [3.8, 4) is 11.1 Å². The van der Waals surface area contributed by atoms with Crippen LogP contribution in [0.5, 0.6) is 0 Å². The molecule has 2 aromatic carbocycles. The van der Waals surface area contributed by atoms with Crippen LogP contribution >= 0.6 is 0 Å². The van der Waals surface area contributed by atoms with E-state index in [-0.39, 0.29) is 0 Å². The molecule has 0 spiro atoms. The van der Waals surface area contributed by atoms with Crippen LogP contribution in [0.1, 0.15) is 0 Å². The molecule has 0 unspecified atom stereocenters. The van der Waals surface area contributed by atoms with Gasteiger partial charge < -0.3 is 5.32 Å². The first-order chi connectivity index (χ1) is 8.43. The van der Waals surface area contributed by atoms with E-state index < -0.39 is 0 Å². The number of rotatable bonds is 0. The lowest BCUT2D eigenvalue weighted by Crippen LogP contribution is -2.02. The number of nitrogens with one attached hydrogen (secondary N) is 1. The number of benzene rings is 2. The van der Waals surface area contributed by atoms with E-state index in [0.29, 0.717) is 0 Å². The third-order valence-electron chi connectivity index (χ3n) is 3.26. The summed E-state index contributed by atoms with van der Waals surface area (Å²) >= 11 is 0. The van der Waals surface area contributed by atoms with Gasteiger partial charge in [-0.05, 0) is 29.1 Å². The summed E-state index contributed by atoms with van der Waals surface area (Å²) in [5, 5.41) is 5.95. The third-order valence-corrected chi connectivity index (χ3v) is 3.26. The Morgan fingerprint density at radius 3 is 2.59 bits per heavy atom. The quantitative estimate of drug-likeness (QED) is 0.483. The summed E-state index contributed by atoms with van der Waals surface area (Å²) in [6, 6.07) is 16.8. The Balaban J connectivity index is 2.22. The van der Waals surface area contributed by atoms with E-state index in [1.165, 1.54) is 21.9 Å². The molecular weight excluding hydrogens is 208 g/mol. The van der Waals surface area contributed by atoms with E-state index in [1.54, 1.807) is 0 Å². The summed E-state index contributed by atoms with van der Waals surface area (Å²) in [7, 11) is 0. The maximum absolute atomic E-state index is 4.39. The Labute approximate surface area is 98.9 Å². The van der Waals surface area contributed by atoms with E-state index in [0.717, 1.165) is 11.5 Å². The number of fused-ring (bicyclic) bond motifs is 2. The summed E-state index contributed by atoms with van der Waals surface area (Å²) in [4.78, 5) is 4.39. The lowest BCUT2D eigenvalue weighted by atomic mass is 9.94. The van der Waals surface area contributed by atoms with Crippen molar-refractivity contribution in [2.75, 3.05) is 5.32 Å². The average Bonchev–Trinajstić information content (AvgIpc) is 2.39. The Morgan fingerprint density at radius 1 is 0.824 bits per heavy atom. The van der Waals surface area contributed by atoms with E-state index in [2.05, 4.69) is 52.8 Å². The Kier molecular flexibility index (Phi) is 1.59. The van der Waals surface area contributed by atoms with E-state index >= 15 is 0 Å². The van der Waals surface area contributed by atoms with Gasteiger partial charge in [0, 0.05) is 22.8 Å². The molecule has 80 valence electrons. The highest BCUT2D eigenvalue weighted by atomic mass is 15.0. The van der Waals surface area contributed by atoms with Gasteiger partial charge in [0.1, 0.15) is 5.82 Å². The van der Waals surface area contributed by atoms with Crippen LogP contribution in [0.2, 0.25) is 0 Å². The molecule has 0 atom stereocenters. The number of anilines is 2. The molecule has 3 aromatic rings. The maximum atomic E-state index is 4.39. The van der Waals surface area contributed by atoms with Gasteiger partial charge in [0.25, 0.3) is 0 Å². The van der Waals surface area contributed by atoms with Gasteiger partial charge in [-0.15, -0.1) is 0 Å². The lowest BCUT2D eigenvalue weighted by Gasteiger charge is -2.20. The Morgan fingerprint density at radius 2 is 1.65 bits per heavy atom. The molecule has 1 aliphatic rings. The molecule has 4 rings (SSSR count). The molecule has 0 radical (unpaired) electrons. The summed E-state index contributed by atoms with van der Waals surface area (Å²) in [6.07, 6.45) is 1.82. The van der Waals surface area contributed by atoms with Crippen molar-refractivity contribution in [3.05, 3.63) is 54.7 Å². The van der Waals surface area contributed by atoms with Crippen molar-refractivity contribution in [3.63, 3.8) is 0 Å². The fourth-order valence-corrected chi connectivity index (χ4v) is 2.52. The van der Waals surface area contributed by atoms with E-state index in [1.807, 2.05) is 12.3 Å². The largest absolute Gasteiger partial charge is 0.339 e. The minimum absolute atomic E-state index is 0.943. The highest BCUT2D eigenvalue weighted by molar-refractivity contribution is 6.10. The molecule has 0 bridgehead atoms. The molecule has 0 saturated carbocycles. The second kappa shape index (κ2) is 3.08. The first-order valence-electron chi connectivity index (χ1n) is 5.68. The second-order valence-corrected chi connectivity index (χ2v) is 4.23. The predicted octanol–water partition coefficient (Wildman–Crippen LogP) is 3.96. The zero-order valence-corrected chi connectivity index (χ0v) is 9.14. The molecule has 0 fully saturated rings. The van der Waals surface area contributed by atoms with Crippen molar-refractivity contribution in [1.29, 1.82) is 0 Å². The minimum Gasteiger partial charge on any atom is -0.339 e. The monoisotopic (exact) mass is 218 g/mol. The molecule has 0 amide bonds. The van der Waals surface area contributed by atoms with Crippen molar-refractivity contribution in [1.82, 2.24) is 4.98 Å². The molecule has 1 N–H and O–H groups in total. The van der Waals surface area contributed by atoms with Gasteiger partial charge in [0.05, 0.1) is 0 Å². The average molecular weight is 218 g/mol. The van der Waals surface area contributed by atoms with Crippen molar-refractivity contribution in [2.24, 2.45) is 0 Å². The Bertz CT molecular complexity index is 727. The zero-order chi connectivity index (χ0) is 11.2. The normalized spacial score (nSPS) is 12.0. The Hall–Kier alpha value is -2.35. The fraction of sp³-hybridized carbons (Fsp3) is 0. The summed E-state index contributed by atoms with van der Waals surface area (Å²) in [5.41, 5.74) is 3.58. The first kappa shape index (κ1) is 8.76. The molecule has 0 saturated heterocycles. The summed E-state index contributed by atoms with van der Waals surface area (Å²) in [5.74, 6) is 0.943. The topological polar surface area (TPSA) is 24.9 Å². The third kappa shape index (κ3) is 1.12. The van der Waals surface area contributed by atoms with Crippen LogP contribution in [-0.2, 0) is 0 Å². The van der Waals surface area contributed by atoms with Crippen LogP contribution in [0, 0.1) is 0 Å². The van der Waals surface area contributed by atoms with Crippen LogP contribution in [0.15, 0.2) is 54.7 Å². The second-order valence-electron chi connectivity index (χ2n) is 4.23. The number of nitrogens with zero attached hydrogens (tertiary/aromatic N) is 1. The number of hydrogen-bond acceptors (Lipinski definition) is 2. The maximum Gasteiger partial charge on any atom is 0.138 e. The molecule has 1 aromatic heterocycles. The molecule has 17 heavy (non-hydrogen) atoms. The van der Waals surface area contributed by atoms with E-state index in [4.69, 9.17) is 0 Å². The SMILES string of the molecule is c1cnc2c(c1)-c1cccc3cccc(c13)N2. The molecule has 2 nitrogen and oxygen atoms in total. The fourth-order valence-electron chi connectivity index (χ4n) is 2.52. The number of aromatic nitrogens is 1. The van der Waals surface area contributed by atoms with E-state index in [9.17, 15) is 0 Å². The summed E-state index contributed by atoms with van der Waals surface area (Å²) in [6.45, 7) is 0. The molecular formula is C15H10N2. The number of hydrogen-bond donors (Lipinski definition) is 1. The van der Waals surface area contributed by atoms with Crippen LogP contribution < -0.4 is 5.32 Å². The van der Waals surface area contributed by atoms with Gasteiger partial charge >= 0.3 is 0 Å². The molecule has 1 aliphatic heterocycles. The highest BCUT2D eigenvalue weighted by Crippen LogP contribution is 2.42. The standard InChI is InChI=1S/C15H10N2/c1-4-10-5-2-8-13-14(10)11(6-1)12-7-3-9-16-15(12)17-13/h1-9H,(H,16,17). The van der Waals surface area contributed by atoms with Crippen molar-refractivity contribution in [2.45, 2.75) is 0 Å². The van der Waals surface area contributed by atoms with Crippen LogP contribution in [0.25, 0.3) is 21.9 Å². The van der Waals surface area contributed by atoms with Gasteiger partial charge in [0.15, 0.2) is 0 Å². The summed E-state index contributed by atoms with van der Waals surface area (Å²) < 4.78 is 0. The van der Waals surface area contributed by atoms with Gasteiger partial charge in [-0.1, -0.05) is 30.3 Å². The zero-order valence-electron chi connectivity index (χ0n) is 9.14. The van der Waals surface area contributed by atoms with Crippen molar-refractivity contribution < 1.29 is 0 Å². The van der Waals surface area contributed by atoms with Crippen LogP contribution in [-0.4, -0.2) is 4.98 Å². The van der Waals surface area contributed by atoms with Gasteiger partial charge in [-0.2, -0.15) is 0 Å². The van der Waals surface area contributed by atoms with Gasteiger partial charge in [-0.25, -0.2) is 4.98 Å². The highest BCUT2D eigenvalue weighted by Gasteiger charge is 2.17. The van der Waals surface area contributed by atoms with Crippen molar-refractivity contribution >= 4 is 22.3 Å². The van der Waals surface area contributed by atoms with Crippen LogP contribution in [0.3, 0.4) is 0 Å². The van der Waals surface area contributed by atoms with Gasteiger partial charge in [-0.3, -0.25) is 0 Å². The van der Waals surface area contributed by atoms with Crippen LogP contribution in [0.4, 0.5) is 11.5 Å². The minimum atomic E-state index is 0.943. The molecule has 0 aliphatic carbocycles. The number of pyridine rings is 1. The lowest BCUT2D eigenvalue weighted by molar-refractivity contribution is 1.30. The molecule has 2 heteroatoms. The predicted molar refractivity (Wildman–Crippen MR) is 70.5 cm³/mol. The molecule has 2 heterocycles. The van der Waals surface area contributed by atoms with Gasteiger partial charge in [0.2, 0.25) is 0 Å².